The smallest absolute Gasteiger partial charge is 0.414 e. The van der Waals surface area contributed by atoms with E-state index in [0.717, 1.165) is 64.7 Å². The molecular formula is C20H30N4O6. The first-order chi connectivity index (χ1) is 14.4. The van der Waals surface area contributed by atoms with Gasteiger partial charge in [-0.25, -0.2) is 9.59 Å². The molecule has 2 aliphatic heterocycles. The normalized spacial score (nSPS) is 17.6. The van der Waals surface area contributed by atoms with Crippen LogP contribution in [0.1, 0.15) is 6.92 Å². The van der Waals surface area contributed by atoms with Crippen LogP contribution < -0.4 is 10.2 Å². The number of carbonyl (C=O) groups is 3. The van der Waals surface area contributed by atoms with Gasteiger partial charge in [-0.3, -0.25) is 9.69 Å². The number of nitrogens with zero attached hydrogens (tertiary/aromatic N) is 3. The van der Waals surface area contributed by atoms with Crippen molar-refractivity contribution in [3.8, 4) is 0 Å². The number of aliphatic carboxylic acids is 2. The van der Waals surface area contributed by atoms with Crippen LogP contribution in [0.25, 0.3) is 0 Å². The molecule has 10 heteroatoms. The third-order valence-corrected chi connectivity index (χ3v) is 4.99. The highest BCUT2D eigenvalue weighted by Gasteiger charge is 2.18. The zero-order valence-corrected chi connectivity index (χ0v) is 17.2. The second-order valence-electron chi connectivity index (χ2n) is 7.02. The Morgan fingerprint density at radius 2 is 1.43 bits per heavy atom. The minimum atomic E-state index is -1.82. The number of anilines is 2. The van der Waals surface area contributed by atoms with Crippen LogP contribution in [0.5, 0.6) is 0 Å². The molecule has 166 valence electrons. The van der Waals surface area contributed by atoms with Crippen molar-refractivity contribution in [1.29, 1.82) is 0 Å². The van der Waals surface area contributed by atoms with E-state index in [1.54, 1.807) is 0 Å². The number of rotatable bonds is 5. The fourth-order valence-corrected chi connectivity index (χ4v) is 3.24. The van der Waals surface area contributed by atoms with Crippen LogP contribution in [-0.4, -0.2) is 103 Å². The largest absolute Gasteiger partial charge is 0.473 e. The first-order valence-corrected chi connectivity index (χ1v) is 10.0. The topological polar surface area (TPSA) is 123 Å². The van der Waals surface area contributed by atoms with Gasteiger partial charge in [-0.15, -0.1) is 0 Å². The molecule has 1 amide bonds. The van der Waals surface area contributed by atoms with Gasteiger partial charge in [0.1, 0.15) is 0 Å². The number of nitrogens with one attached hydrogen (secondary N) is 1. The number of carboxylic acid groups (broad SMARTS) is 2. The van der Waals surface area contributed by atoms with Crippen molar-refractivity contribution in [2.75, 3.05) is 75.8 Å². The highest BCUT2D eigenvalue weighted by molar-refractivity contribution is 6.27. The SMILES string of the molecule is CCN1CCN(CC(=O)Nc2ccc(N3CCOCC3)cc2)CC1.O=C(O)C(=O)O. The maximum atomic E-state index is 12.2. The minimum Gasteiger partial charge on any atom is -0.473 e. The Labute approximate surface area is 176 Å². The summed E-state index contributed by atoms with van der Waals surface area (Å²) in [5, 5.41) is 17.8. The van der Waals surface area contributed by atoms with Crippen molar-refractivity contribution < 1.29 is 29.3 Å². The molecule has 0 bridgehead atoms. The van der Waals surface area contributed by atoms with E-state index in [9.17, 15) is 4.79 Å². The fourth-order valence-electron chi connectivity index (χ4n) is 3.24. The van der Waals surface area contributed by atoms with Gasteiger partial charge < -0.3 is 30.1 Å². The van der Waals surface area contributed by atoms with Crippen LogP contribution in [0.15, 0.2) is 24.3 Å². The lowest BCUT2D eigenvalue weighted by atomic mass is 10.2. The summed E-state index contributed by atoms with van der Waals surface area (Å²) in [5.41, 5.74) is 2.05. The summed E-state index contributed by atoms with van der Waals surface area (Å²) in [7, 11) is 0. The van der Waals surface area contributed by atoms with Gasteiger partial charge in [0.2, 0.25) is 5.91 Å². The fraction of sp³-hybridized carbons (Fsp3) is 0.550. The molecule has 2 aliphatic rings. The molecule has 1 aromatic rings. The standard InChI is InChI=1S/C18H28N4O2.C2H2O4/c1-2-20-7-9-21(10-8-20)15-18(23)19-16-3-5-17(6-4-16)22-11-13-24-14-12-22;3-1(4)2(5)6/h3-6H,2,7-15H2,1H3,(H,19,23);(H,3,4)(H,5,6). The molecular weight excluding hydrogens is 392 g/mol. The monoisotopic (exact) mass is 422 g/mol. The van der Waals surface area contributed by atoms with Crippen LogP contribution >= 0.6 is 0 Å². The Morgan fingerprint density at radius 1 is 0.900 bits per heavy atom. The third-order valence-electron chi connectivity index (χ3n) is 4.99. The highest BCUT2D eigenvalue weighted by Crippen LogP contribution is 2.19. The van der Waals surface area contributed by atoms with Crippen molar-refractivity contribution in [2.24, 2.45) is 0 Å². The molecule has 10 nitrogen and oxygen atoms in total. The molecule has 3 rings (SSSR count). The first-order valence-electron chi connectivity index (χ1n) is 10.0. The van der Waals surface area contributed by atoms with Gasteiger partial charge >= 0.3 is 11.9 Å². The average molecular weight is 422 g/mol. The summed E-state index contributed by atoms with van der Waals surface area (Å²) in [4.78, 5) is 37.4. The van der Waals surface area contributed by atoms with Crippen LogP contribution in [0.4, 0.5) is 11.4 Å². The Kier molecular flexibility index (Phi) is 9.52. The lowest BCUT2D eigenvalue weighted by Gasteiger charge is -2.33. The number of hydrogen-bond donors (Lipinski definition) is 3. The predicted molar refractivity (Wildman–Crippen MR) is 112 cm³/mol. The zero-order valence-electron chi connectivity index (χ0n) is 17.2. The lowest BCUT2D eigenvalue weighted by molar-refractivity contribution is -0.159. The van der Waals surface area contributed by atoms with E-state index < -0.39 is 11.9 Å². The summed E-state index contributed by atoms with van der Waals surface area (Å²) < 4.78 is 5.38. The number of carbonyl (C=O) groups excluding carboxylic acids is 1. The summed E-state index contributed by atoms with van der Waals surface area (Å²) in [6.45, 7) is 11.2. The molecule has 0 unspecified atom stereocenters. The van der Waals surface area contributed by atoms with Crippen LogP contribution in [0, 0.1) is 0 Å². The molecule has 2 heterocycles. The van der Waals surface area contributed by atoms with Gasteiger partial charge in [0.25, 0.3) is 0 Å². The van der Waals surface area contributed by atoms with Gasteiger partial charge in [-0.1, -0.05) is 6.92 Å². The van der Waals surface area contributed by atoms with Crippen LogP contribution in [0.3, 0.4) is 0 Å². The van der Waals surface area contributed by atoms with E-state index in [-0.39, 0.29) is 5.91 Å². The van der Waals surface area contributed by atoms with E-state index in [1.807, 2.05) is 12.1 Å². The quantitative estimate of drug-likeness (QED) is 0.573. The van der Waals surface area contributed by atoms with Crippen molar-refractivity contribution in [3.63, 3.8) is 0 Å². The maximum Gasteiger partial charge on any atom is 0.414 e. The Bertz CT molecular complexity index is 686. The Morgan fingerprint density at radius 3 is 1.93 bits per heavy atom. The van der Waals surface area contributed by atoms with Gasteiger partial charge in [0.05, 0.1) is 19.8 Å². The number of carboxylic acids is 2. The molecule has 0 aromatic heterocycles. The number of benzene rings is 1. The van der Waals surface area contributed by atoms with E-state index in [2.05, 4.69) is 39.1 Å². The van der Waals surface area contributed by atoms with Crippen LogP contribution in [0.2, 0.25) is 0 Å². The Hall–Kier alpha value is -2.69. The third kappa shape index (κ3) is 7.97. The van der Waals surface area contributed by atoms with Gasteiger partial charge in [0.15, 0.2) is 0 Å². The number of piperazine rings is 1. The van der Waals surface area contributed by atoms with E-state index >= 15 is 0 Å². The maximum absolute atomic E-state index is 12.2. The predicted octanol–water partition coefficient (Wildman–Crippen LogP) is 0.255. The average Bonchev–Trinajstić information content (AvgIpc) is 2.76. The molecule has 1 aromatic carbocycles. The van der Waals surface area contributed by atoms with Gasteiger partial charge in [0, 0.05) is 50.6 Å². The highest BCUT2D eigenvalue weighted by atomic mass is 16.5. The molecule has 0 saturated carbocycles. The summed E-state index contributed by atoms with van der Waals surface area (Å²) in [6, 6.07) is 8.11. The zero-order chi connectivity index (χ0) is 21.9. The molecule has 30 heavy (non-hydrogen) atoms. The lowest BCUT2D eigenvalue weighted by Crippen LogP contribution is -2.48. The van der Waals surface area contributed by atoms with Crippen molar-refractivity contribution in [3.05, 3.63) is 24.3 Å². The number of hydrogen-bond acceptors (Lipinski definition) is 7. The second kappa shape index (κ2) is 12.1. The van der Waals surface area contributed by atoms with Crippen molar-refractivity contribution >= 4 is 29.2 Å². The first kappa shape index (κ1) is 23.6. The van der Waals surface area contributed by atoms with Gasteiger partial charge in [-0.2, -0.15) is 0 Å². The number of likely N-dealkylation sites (N-methyl/N-ethyl adjacent to an activating group) is 1. The second-order valence-corrected chi connectivity index (χ2v) is 7.02. The van der Waals surface area contributed by atoms with Crippen molar-refractivity contribution in [2.45, 2.75) is 6.92 Å². The van der Waals surface area contributed by atoms with Gasteiger partial charge in [-0.05, 0) is 30.8 Å². The molecule has 2 saturated heterocycles. The van der Waals surface area contributed by atoms with Crippen LogP contribution in [-0.2, 0) is 19.1 Å². The summed E-state index contributed by atoms with van der Waals surface area (Å²) in [5.74, 6) is -3.58. The molecule has 0 radical (unpaired) electrons. The number of morpholine rings is 1. The van der Waals surface area contributed by atoms with Crippen molar-refractivity contribution in [1.82, 2.24) is 9.80 Å². The molecule has 0 atom stereocenters. The molecule has 0 aliphatic carbocycles. The number of amides is 1. The molecule has 0 spiro atoms. The number of ether oxygens (including phenoxy) is 1. The molecule has 3 N–H and O–H groups in total. The minimum absolute atomic E-state index is 0.0686. The van der Waals surface area contributed by atoms with E-state index in [4.69, 9.17) is 24.5 Å². The van der Waals surface area contributed by atoms with E-state index in [1.165, 1.54) is 5.69 Å². The summed E-state index contributed by atoms with van der Waals surface area (Å²) in [6.07, 6.45) is 0. The van der Waals surface area contributed by atoms with E-state index in [0.29, 0.717) is 6.54 Å². The summed E-state index contributed by atoms with van der Waals surface area (Å²) >= 11 is 0. The molecule has 2 fully saturated rings. The Balaban J connectivity index is 0.000000469.